The first-order chi connectivity index (χ1) is 16.8. The lowest BCUT2D eigenvalue weighted by molar-refractivity contribution is 0.199. The number of aryl methyl sites for hydroxylation is 1. The Bertz CT molecular complexity index is 1470. The summed E-state index contributed by atoms with van der Waals surface area (Å²) in [6, 6.07) is 7.83. The molecule has 35 heavy (non-hydrogen) atoms. The minimum atomic E-state index is -3.75. The predicted molar refractivity (Wildman–Crippen MR) is 146 cm³/mol. The van der Waals surface area contributed by atoms with Crippen molar-refractivity contribution in [3.05, 3.63) is 38.8 Å². The molecule has 3 N–H and O–H groups in total. The molecule has 8 nitrogen and oxygen atoms in total. The van der Waals surface area contributed by atoms with Gasteiger partial charge < -0.3 is 15.0 Å². The van der Waals surface area contributed by atoms with Gasteiger partial charge in [0.05, 0.1) is 22.0 Å². The largest absolute Gasteiger partial charge is 0.384 e. The zero-order chi connectivity index (χ0) is 25.2. The number of anilines is 1. The fraction of sp³-hybridized carbons (Fsp3) is 0.364. The van der Waals surface area contributed by atoms with E-state index >= 15 is 0 Å². The number of hydrogen-bond acceptors (Lipinski definition) is 7. The highest BCUT2D eigenvalue weighted by molar-refractivity contribution is 7.90. The van der Waals surface area contributed by atoms with Gasteiger partial charge in [0, 0.05) is 32.0 Å². The SMILES string of the molecule is CBc1c(Cl)sc(Cl)c1S(=O)(=O)NCCCCn1c(CCOC)nc2c(N)nc3ccccc3c21. The van der Waals surface area contributed by atoms with Gasteiger partial charge in [-0.2, -0.15) is 0 Å². The van der Waals surface area contributed by atoms with Gasteiger partial charge in [0.15, 0.2) is 13.1 Å². The smallest absolute Gasteiger partial charge is 0.242 e. The second kappa shape index (κ2) is 11.0. The molecule has 13 heteroatoms. The lowest BCUT2D eigenvalue weighted by Crippen LogP contribution is -2.30. The van der Waals surface area contributed by atoms with Gasteiger partial charge in [-0.15, -0.1) is 11.3 Å². The van der Waals surface area contributed by atoms with Crippen LogP contribution in [-0.2, 0) is 27.7 Å². The molecule has 0 aliphatic heterocycles. The van der Waals surface area contributed by atoms with Crippen molar-refractivity contribution in [1.82, 2.24) is 19.3 Å². The number of methoxy groups -OCH3 is 1. The fourth-order valence-corrected chi connectivity index (χ4v) is 8.05. The Hall–Kier alpha value is -1.89. The topological polar surface area (TPSA) is 112 Å². The van der Waals surface area contributed by atoms with Gasteiger partial charge in [-0.3, -0.25) is 0 Å². The van der Waals surface area contributed by atoms with E-state index < -0.39 is 10.0 Å². The maximum absolute atomic E-state index is 12.9. The van der Waals surface area contributed by atoms with E-state index in [-0.39, 0.29) is 15.8 Å². The lowest BCUT2D eigenvalue weighted by atomic mass is 9.75. The van der Waals surface area contributed by atoms with Crippen molar-refractivity contribution in [2.75, 3.05) is 26.0 Å². The minimum absolute atomic E-state index is 0.0913. The predicted octanol–water partition coefficient (Wildman–Crippen LogP) is 3.59. The van der Waals surface area contributed by atoms with Gasteiger partial charge in [-0.25, -0.2) is 23.1 Å². The number of nitrogens with two attached hydrogens (primary N) is 1. The van der Waals surface area contributed by atoms with E-state index in [2.05, 4.69) is 14.3 Å². The van der Waals surface area contributed by atoms with Crippen LogP contribution in [0.15, 0.2) is 29.2 Å². The Morgan fingerprint density at radius 1 is 1.20 bits per heavy atom. The van der Waals surface area contributed by atoms with Gasteiger partial charge in [-0.1, -0.05) is 48.2 Å². The normalized spacial score (nSPS) is 12.1. The molecule has 0 aliphatic carbocycles. The minimum Gasteiger partial charge on any atom is -0.384 e. The number of imidazole rings is 1. The number of nitrogens with one attached hydrogen (secondary N) is 1. The molecular weight excluding hydrogens is 528 g/mol. The fourth-order valence-electron chi connectivity index (χ4n) is 4.17. The number of benzene rings is 1. The van der Waals surface area contributed by atoms with E-state index in [9.17, 15) is 8.42 Å². The van der Waals surface area contributed by atoms with E-state index in [1.54, 1.807) is 7.11 Å². The van der Waals surface area contributed by atoms with Crippen molar-refractivity contribution >= 4 is 85.1 Å². The molecule has 4 aromatic rings. The van der Waals surface area contributed by atoms with Crippen molar-refractivity contribution in [2.45, 2.75) is 37.5 Å². The quantitative estimate of drug-likeness (QED) is 0.217. The standard InChI is InChI=1S/C22H26BCl2N5O3S2/c1-23-16-19(21(25)34-20(16)24)35(31,32)27-10-5-6-11-30-15(9-12-33-2)29-17-18(30)13-7-3-4-8-14(13)28-22(17)26/h3-4,7-8,23,27H,5-6,9-12H2,1-2H3,(H2,26,28). The van der Waals surface area contributed by atoms with Crippen LogP contribution in [0.5, 0.6) is 0 Å². The van der Waals surface area contributed by atoms with Gasteiger partial charge in [-0.05, 0) is 24.4 Å². The molecule has 3 aromatic heterocycles. The summed E-state index contributed by atoms with van der Waals surface area (Å²) in [6.45, 7) is 3.31. The number of unbranched alkanes of at least 4 members (excludes halogenated alkanes) is 1. The van der Waals surface area contributed by atoms with Gasteiger partial charge in [0.2, 0.25) is 10.0 Å². The first-order valence-electron chi connectivity index (χ1n) is 11.3. The maximum atomic E-state index is 12.9. The van der Waals surface area contributed by atoms with E-state index in [0.29, 0.717) is 54.4 Å². The molecule has 0 spiro atoms. The average molecular weight is 554 g/mol. The first-order valence-corrected chi connectivity index (χ1v) is 14.3. The molecule has 1 aromatic carbocycles. The van der Waals surface area contributed by atoms with E-state index in [4.69, 9.17) is 38.7 Å². The zero-order valence-corrected chi connectivity index (χ0v) is 22.6. The molecule has 186 valence electrons. The summed E-state index contributed by atoms with van der Waals surface area (Å²) in [5, 5.41) is 0.977. The molecule has 0 unspecified atom stereocenters. The van der Waals surface area contributed by atoms with Crippen LogP contribution in [0, 0.1) is 0 Å². The monoisotopic (exact) mass is 553 g/mol. The van der Waals surface area contributed by atoms with Gasteiger partial charge >= 0.3 is 0 Å². The summed E-state index contributed by atoms with van der Waals surface area (Å²) in [5.41, 5.74) is 9.21. The first kappa shape index (κ1) is 26.2. The molecule has 0 fully saturated rings. The summed E-state index contributed by atoms with van der Waals surface area (Å²) in [7, 11) is -1.61. The number of hydrogen-bond donors (Lipinski definition) is 2. The molecule has 0 saturated heterocycles. The zero-order valence-electron chi connectivity index (χ0n) is 19.5. The lowest BCUT2D eigenvalue weighted by Gasteiger charge is -2.12. The summed E-state index contributed by atoms with van der Waals surface area (Å²) >= 11 is 13.4. The number of halogens is 2. The molecule has 0 aliphatic rings. The Morgan fingerprint density at radius 3 is 2.71 bits per heavy atom. The Balaban J connectivity index is 1.52. The van der Waals surface area contributed by atoms with Crippen molar-refractivity contribution in [1.29, 1.82) is 0 Å². The van der Waals surface area contributed by atoms with Crippen LogP contribution in [0.2, 0.25) is 15.5 Å². The van der Waals surface area contributed by atoms with Crippen LogP contribution in [0.3, 0.4) is 0 Å². The van der Waals surface area contributed by atoms with Crippen molar-refractivity contribution < 1.29 is 13.2 Å². The molecular formula is C22H26BCl2N5O3S2. The Morgan fingerprint density at radius 2 is 1.97 bits per heavy atom. The molecule has 0 amide bonds. The van der Waals surface area contributed by atoms with Crippen molar-refractivity contribution in [2.24, 2.45) is 0 Å². The van der Waals surface area contributed by atoms with Crippen molar-refractivity contribution in [3.63, 3.8) is 0 Å². The third-order valence-electron chi connectivity index (χ3n) is 5.81. The summed E-state index contributed by atoms with van der Waals surface area (Å²) in [4.78, 5) is 9.36. The highest BCUT2D eigenvalue weighted by atomic mass is 35.5. The van der Waals surface area contributed by atoms with Gasteiger partial charge in [0.1, 0.15) is 20.6 Å². The molecule has 0 saturated carbocycles. The van der Waals surface area contributed by atoms with Crippen LogP contribution in [0.25, 0.3) is 21.9 Å². The van der Waals surface area contributed by atoms with Crippen LogP contribution in [0.1, 0.15) is 18.7 Å². The number of nitrogen functional groups attached to an aromatic ring is 1. The van der Waals surface area contributed by atoms with Crippen LogP contribution < -0.4 is 15.9 Å². The molecule has 0 atom stereocenters. The Labute approximate surface area is 219 Å². The number of sulfonamides is 1. The van der Waals surface area contributed by atoms with Crippen LogP contribution in [0.4, 0.5) is 5.82 Å². The maximum Gasteiger partial charge on any atom is 0.242 e. The molecule has 0 radical (unpaired) electrons. The Kier molecular flexibility index (Phi) is 8.25. The molecule has 3 heterocycles. The number of ether oxygens (including phenoxy) is 1. The summed E-state index contributed by atoms with van der Waals surface area (Å²) in [5.74, 6) is 1.25. The average Bonchev–Trinajstić information content (AvgIpc) is 3.34. The summed E-state index contributed by atoms with van der Waals surface area (Å²) in [6.07, 6.45) is 1.98. The number of aromatic nitrogens is 3. The van der Waals surface area contributed by atoms with Crippen LogP contribution >= 0.6 is 34.5 Å². The molecule has 4 rings (SSSR count). The number of fused-ring (bicyclic) bond motifs is 3. The molecule has 0 bridgehead atoms. The van der Waals surface area contributed by atoms with E-state index in [1.165, 1.54) is 0 Å². The number of thiophene rings is 1. The third-order valence-corrected chi connectivity index (χ3v) is 9.31. The van der Waals surface area contributed by atoms with Gasteiger partial charge in [0.25, 0.3) is 0 Å². The number of pyridine rings is 1. The second-order valence-electron chi connectivity index (χ2n) is 8.05. The van der Waals surface area contributed by atoms with E-state index in [0.717, 1.165) is 40.0 Å². The van der Waals surface area contributed by atoms with Crippen LogP contribution in [-0.4, -0.2) is 50.5 Å². The highest BCUT2D eigenvalue weighted by Gasteiger charge is 2.26. The number of para-hydroxylation sites is 1. The second-order valence-corrected chi connectivity index (χ2v) is 12.0. The van der Waals surface area contributed by atoms with E-state index in [1.807, 2.05) is 31.1 Å². The summed E-state index contributed by atoms with van der Waals surface area (Å²) < 4.78 is 36.4. The third kappa shape index (κ3) is 5.30. The highest BCUT2D eigenvalue weighted by Crippen LogP contribution is 2.32. The van der Waals surface area contributed by atoms with Crippen molar-refractivity contribution in [3.8, 4) is 0 Å². The number of rotatable bonds is 11. The number of nitrogens with zero attached hydrogens (tertiary/aromatic N) is 3.